The molecular formula is C13H13ClO. The topological polar surface area (TPSA) is 17.1 Å². The molecule has 0 unspecified atom stereocenters. The van der Waals surface area contributed by atoms with Crippen LogP contribution in [0.15, 0.2) is 23.8 Å². The van der Waals surface area contributed by atoms with Gasteiger partial charge >= 0.3 is 0 Å². The van der Waals surface area contributed by atoms with Gasteiger partial charge in [0.25, 0.3) is 0 Å². The van der Waals surface area contributed by atoms with E-state index in [4.69, 9.17) is 11.6 Å². The Kier molecular flexibility index (Phi) is 2.66. The molecule has 2 rings (SSSR count). The summed E-state index contributed by atoms with van der Waals surface area (Å²) in [5.41, 5.74) is 6.13. The van der Waals surface area contributed by atoms with Crippen LogP contribution < -0.4 is 0 Å². The highest BCUT2D eigenvalue weighted by atomic mass is 35.5. The first-order chi connectivity index (χ1) is 7.08. The summed E-state index contributed by atoms with van der Waals surface area (Å²) in [6.45, 7) is 4.14. The zero-order valence-corrected chi connectivity index (χ0v) is 9.69. The molecule has 0 aliphatic heterocycles. The normalized spacial score (nSPS) is 14.3. The maximum atomic E-state index is 11.0. The van der Waals surface area contributed by atoms with Crippen molar-refractivity contribution in [2.45, 2.75) is 26.7 Å². The lowest BCUT2D eigenvalue weighted by Gasteiger charge is -2.04. The monoisotopic (exact) mass is 220 g/mol. The number of hydrogen-bond acceptors (Lipinski definition) is 1. The first kappa shape index (κ1) is 10.4. The maximum absolute atomic E-state index is 11.0. The number of carbonyl (C=O) groups excluding carboxylic acids is 1. The van der Waals surface area contributed by atoms with E-state index >= 15 is 0 Å². The average Bonchev–Trinajstić information content (AvgIpc) is 2.43. The maximum Gasteiger partial charge on any atom is 0.226 e. The molecule has 0 fully saturated rings. The Bertz CT molecular complexity index is 458. The summed E-state index contributed by atoms with van der Waals surface area (Å²) in [5, 5.41) is -0.279. The van der Waals surface area contributed by atoms with Gasteiger partial charge in [-0.05, 0) is 48.6 Å². The summed E-state index contributed by atoms with van der Waals surface area (Å²) < 4.78 is 0. The molecule has 0 saturated heterocycles. The van der Waals surface area contributed by atoms with Gasteiger partial charge in [0.1, 0.15) is 0 Å². The summed E-state index contributed by atoms with van der Waals surface area (Å²) in [4.78, 5) is 11.0. The van der Waals surface area contributed by atoms with E-state index in [1.54, 1.807) is 0 Å². The summed E-state index contributed by atoms with van der Waals surface area (Å²) in [6, 6.07) is 6.39. The molecule has 1 aromatic rings. The average molecular weight is 221 g/mol. The highest BCUT2D eigenvalue weighted by molar-refractivity contribution is 6.64. The minimum atomic E-state index is -0.279. The Hall–Kier alpha value is -1.08. The molecule has 2 heteroatoms. The molecule has 1 aliphatic rings. The van der Waals surface area contributed by atoms with Crippen LogP contribution in [0.1, 0.15) is 30.0 Å². The van der Waals surface area contributed by atoms with Crippen molar-refractivity contribution in [2.75, 3.05) is 0 Å². The Labute approximate surface area is 94.8 Å². The van der Waals surface area contributed by atoms with Gasteiger partial charge in [0.05, 0.1) is 0 Å². The van der Waals surface area contributed by atoms with E-state index in [0.29, 0.717) is 6.42 Å². The van der Waals surface area contributed by atoms with E-state index < -0.39 is 0 Å². The quantitative estimate of drug-likeness (QED) is 0.698. The Morgan fingerprint density at radius 3 is 2.80 bits per heavy atom. The van der Waals surface area contributed by atoms with Gasteiger partial charge in [-0.15, -0.1) is 0 Å². The number of benzene rings is 1. The molecule has 0 amide bonds. The van der Waals surface area contributed by atoms with Gasteiger partial charge in [0, 0.05) is 6.42 Å². The van der Waals surface area contributed by atoms with Crippen LogP contribution in [0.5, 0.6) is 0 Å². The smallest absolute Gasteiger partial charge is 0.226 e. The molecule has 15 heavy (non-hydrogen) atoms. The molecule has 0 saturated carbocycles. The second-order valence-electron chi connectivity index (χ2n) is 4.13. The van der Waals surface area contributed by atoms with E-state index in [1.165, 1.54) is 22.3 Å². The number of allylic oxidation sites excluding steroid dienone is 2. The van der Waals surface area contributed by atoms with Crippen molar-refractivity contribution >= 4 is 22.4 Å². The molecule has 0 radical (unpaired) electrons. The molecule has 0 N–H and O–H groups in total. The van der Waals surface area contributed by atoms with Crippen molar-refractivity contribution in [3.63, 3.8) is 0 Å². The van der Waals surface area contributed by atoms with Crippen LogP contribution in [0.2, 0.25) is 0 Å². The van der Waals surface area contributed by atoms with Crippen LogP contribution >= 0.6 is 11.6 Å². The minimum Gasteiger partial charge on any atom is -0.281 e. The largest absolute Gasteiger partial charge is 0.281 e. The van der Waals surface area contributed by atoms with Gasteiger partial charge in [-0.25, -0.2) is 0 Å². The molecule has 0 atom stereocenters. The van der Waals surface area contributed by atoms with Crippen LogP contribution in [-0.2, 0) is 11.2 Å². The lowest BCUT2D eigenvalue weighted by Crippen LogP contribution is -1.91. The number of aryl methyl sites for hydroxylation is 1. The molecule has 1 aromatic carbocycles. The predicted molar refractivity (Wildman–Crippen MR) is 63.0 cm³/mol. The Morgan fingerprint density at radius 2 is 2.13 bits per heavy atom. The summed E-state index contributed by atoms with van der Waals surface area (Å²) in [6.07, 6.45) is 1.30. The first-order valence-corrected chi connectivity index (χ1v) is 5.42. The lowest BCUT2D eigenvalue weighted by molar-refractivity contribution is -0.110. The number of fused-ring (bicyclic) bond motifs is 1. The van der Waals surface area contributed by atoms with E-state index in [-0.39, 0.29) is 5.24 Å². The summed E-state index contributed by atoms with van der Waals surface area (Å²) >= 11 is 5.46. The third kappa shape index (κ3) is 1.98. The Morgan fingerprint density at radius 1 is 1.40 bits per heavy atom. The zero-order chi connectivity index (χ0) is 11.0. The van der Waals surface area contributed by atoms with Crippen LogP contribution in [0.3, 0.4) is 0 Å². The molecule has 0 bridgehead atoms. The number of carbonyl (C=O) groups is 1. The van der Waals surface area contributed by atoms with Crippen LogP contribution in [0.4, 0.5) is 0 Å². The highest BCUT2D eigenvalue weighted by Crippen LogP contribution is 2.35. The zero-order valence-electron chi connectivity index (χ0n) is 8.93. The number of hydrogen-bond donors (Lipinski definition) is 0. The van der Waals surface area contributed by atoms with E-state index in [1.807, 2.05) is 0 Å². The molecule has 1 nitrogen and oxygen atoms in total. The Balaban J connectivity index is 2.45. The van der Waals surface area contributed by atoms with E-state index in [0.717, 1.165) is 12.0 Å². The third-order valence-electron chi connectivity index (χ3n) is 2.88. The van der Waals surface area contributed by atoms with Crippen LogP contribution in [0, 0.1) is 6.92 Å². The van der Waals surface area contributed by atoms with Gasteiger partial charge in [0.15, 0.2) is 0 Å². The SMILES string of the molecule is CC1=C(CC(=O)Cl)c2cc(C)ccc2C1. The molecular weight excluding hydrogens is 208 g/mol. The molecule has 1 aliphatic carbocycles. The van der Waals surface area contributed by atoms with Gasteiger partial charge < -0.3 is 0 Å². The molecule has 0 spiro atoms. The van der Waals surface area contributed by atoms with Crippen molar-refractivity contribution in [3.8, 4) is 0 Å². The minimum absolute atomic E-state index is 0.279. The summed E-state index contributed by atoms with van der Waals surface area (Å²) in [5.74, 6) is 0. The van der Waals surface area contributed by atoms with Crippen molar-refractivity contribution < 1.29 is 4.79 Å². The van der Waals surface area contributed by atoms with Crippen molar-refractivity contribution in [1.29, 1.82) is 0 Å². The second-order valence-corrected chi connectivity index (χ2v) is 4.55. The highest BCUT2D eigenvalue weighted by Gasteiger charge is 2.19. The molecule has 0 aromatic heterocycles. The van der Waals surface area contributed by atoms with Crippen molar-refractivity contribution in [1.82, 2.24) is 0 Å². The lowest BCUT2D eigenvalue weighted by atomic mass is 10.0. The fourth-order valence-corrected chi connectivity index (χ4v) is 2.27. The fourth-order valence-electron chi connectivity index (χ4n) is 2.13. The predicted octanol–water partition coefficient (Wildman–Crippen LogP) is 3.48. The van der Waals surface area contributed by atoms with Crippen LogP contribution in [0.25, 0.3) is 5.57 Å². The van der Waals surface area contributed by atoms with Gasteiger partial charge in [-0.1, -0.05) is 29.3 Å². The number of halogens is 1. The van der Waals surface area contributed by atoms with Gasteiger partial charge in [-0.3, -0.25) is 4.79 Å². The van der Waals surface area contributed by atoms with Crippen molar-refractivity contribution in [2.24, 2.45) is 0 Å². The van der Waals surface area contributed by atoms with Crippen LogP contribution in [-0.4, -0.2) is 5.24 Å². The number of rotatable bonds is 2. The molecule has 0 heterocycles. The fraction of sp³-hybridized carbons (Fsp3) is 0.308. The van der Waals surface area contributed by atoms with Crippen molar-refractivity contribution in [3.05, 3.63) is 40.5 Å². The third-order valence-corrected chi connectivity index (χ3v) is 3.01. The van der Waals surface area contributed by atoms with E-state index in [2.05, 4.69) is 32.0 Å². The standard InChI is InChI=1S/C13H13ClO/c1-8-3-4-10-6-9(2)11(7-13(14)15)12(10)5-8/h3-5H,6-7H2,1-2H3. The molecule has 78 valence electrons. The summed E-state index contributed by atoms with van der Waals surface area (Å²) in [7, 11) is 0. The van der Waals surface area contributed by atoms with Gasteiger partial charge in [-0.2, -0.15) is 0 Å². The van der Waals surface area contributed by atoms with Gasteiger partial charge in [0.2, 0.25) is 5.24 Å². The first-order valence-electron chi connectivity index (χ1n) is 5.05. The second kappa shape index (κ2) is 3.82. The van der Waals surface area contributed by atoms with E-state index in [9.17, 15) is 4.79 Å².